The van der Waals surface area contributed by atoms with Gasteiger partial charge in [-0.15, -0.1) is 24.2 Å². The van der Waals surface area contributed by atoms with Gasteiger partial charge in [0, 0.05) is 23.7 Å². The van der Waals surface area contributed by atoms with E-state index in [1.165, 1.54) is 32.7 Å². The van der Waals surface area contributed by atoms with Crippen LogP contribution in [0.3, 0.4) is 0 Å². The number of aliphatic carboxylic acids is 1. The van der Waals surface area contributed by atoms with Crippen molar-refractivity contribution in [1.29, 1.82) is 0 Å². The van der Waals surface area contributed by atoms with Crippen LogP contribution in [0.5, 0.6) is 0 Å². The van der Waals surface area contributed by atoms with Crippen molar-refractivity contribution in [2.24, 2.45) is 0 Å². The number of hydrogen-bond acceptors (Lipinski definition) is 3. The predicted octanol–water partition coefficient (Wildman–Crippen LogP) is 4.70. The van der Waals surface area contributed by atoms with E-state index >= 15 is 0 Å². The molecule has 0 bridgehead atoms. The number of nitrogens with zero attached hydrogens (tertiary/aromatic N) is 1. The Morgan fingerprint density at radius 2 is 1.65 bits per heavy atom. The van der Waals surface area contributed by atoms with E-state index < -0.39 is 5.97 Å². The van der Waals surface area contributed by atoms with Crippen LogP contribution in [0.2, 0.25) is 0 Å². The van der Waals surface area contributed by atoms with Crippen LogP contribution in [0.25, 0.3) is 5.57 Å². The number of halogens is 1. The number of carboxylic acid groups (broad SMARTS) is 1. The van der Waals surface area contributed by atoms with Crippen LogP contribution in [0.4, 0.5) is 0 Å². The van der Waals surface area contributed by atoms with Crippen LogP contribution in [-0.2, 0) is 10.5 Å². The number of fused-ring (bicyclic) bond motifs is 2. The second kappa shape index (κ2) is 8.30. The average molecular weight is 388 g/mol. The number of rotatable bonds is 2. The van der Waals surface area contributed by atoms with Gasteiger partial charge in [-0.2, -0.15) is 0 Å². The van der Waals surface area contributed by atoms with Gasteiger partial charge in [-0.1, -0.05) is 48.0 Å². The average Bonchev–Trinajstić information content (AvgIpc) is 2.79. The van der Waals surface area contributed by atoms with Crippen LogP contribution in [0.15, 0.2) is 59.0 Å². The monoisotopic (exact) mass is 387 g/mol. The molecule has 4 rings (SSSR count). The summed E-state index contributed by atoms with van der Waals surface area (Å²) in [7, 11) is 0. The predicted molar refractivity (Wildman–Crippen MR) is 109 cm³/mol. The third-order valence-electron chi connectivity index (χ3n) is 5.00. The lowest BCUT2D eigenvalue weighted by Gasteiger charge is -2.29. The van der Waals surface area contributed by atoms with Crippen molar-refractivity contribution in [3.63, 3.8) is 0 Å². The molecule has 2 heterocycles. The molecular formula is C21H22ClNO2S. The second-order valence-corrected chi connectivity index (χ2v) is 7.61. The zero-order valence-corrected chi connectivity index (χ0v) is 16.1. The van der Waals surface area contributed by atoms with Gasteiger partial charge in [0.2, 0.25) is 0 Å². The summed E-state index contributed by atoms with van der Waals surface area (Å²) in [5.74, 6) is 0.257. The summed E-state index contributed by atoms with van der Waals surface area (Å²) in [6.45, 7) is 1.79. The summed E-state index contributed by atoms with van der Waals surface area (Å²) < 4.78 is 0. The van der Waals surface area contributed by atoms with Crippen LogP contribution in [-0.4, -0.2) is 35.6 Å². The molecule has 2 aromatic rings. The minimum atomic E-state index is -0.738. The maximum Gasteiger partial charge on any atom is 0.317 e. The van der Waals surface area contributed by atoms with E-state index in [1.54, 1.807) is 0 Å². The number of hydrogen-bond donors (Lipinski definition) is 1. The van der Waals surface area contributed by atoms with Crippen molar-refractivity contribution in [3.05, 3.63) is 70.8 Å². The van der Waals surface area contributed by atoms with E-state index in [0.29, 0.717) is 0 Å². The summed E-state index contributed by atoms with van der Waals surface area (Å²) in [6.07, 6.45) is 1.88. The molecule has 1 N–H and O–H groups in total. The molecule has 2 aliphatic rings. The van der Waals surface area contributed by atoms with E-state index in [1.807, 2.05) is 16.7 Å². The molecule has 0 saturated carbocycles. The minimum Gasteiger partial charge on any atom is -0.480 e. The van der Waals surface area contributed by atoms with E-state index in [4.69, 9.17) is 5.11 Å². The van der Waals surface area contributed by atoms with Crippen LogP contribution >= 0.6 is 24.2 Å². The quantitative estimate of drug-likeness (QED) is 0.811. The van der Waals surface area contributed by atoms with Gasteiger partial charge in [0.05, 0.1) is 6.54 Å². The number of thioether (sulfide) groups is 1. The number of carbonyl (C=O) groups is 1. The summed E-state index contributed by atoms with van der Waals surface area (Å²) in [5, 5.41) is 9.02. The maximum atomic E-state index is 11.0. The lowest BCUT2D eigenvalue weighted by Crippen LogP contribution is -2.35. The van der Waals surface area contributed by atoms with Gasteiger partial charge in [-0.3, -0.25) is 9.69 Å². The minimum absolute atomic E-state index is 0. The fourth-order valence-electron chi connectivity index (χ4n) is 3.79. The molecular weight excluding hydrogens is 366 g/mol. The highest BCUT2D eigenvalue weighted by atomic mass is 35.5. The first kappa shape index (κ1) is 19.0. The Balaban J connectivity index is 0.00000196. The Morgan fingerprint density at radius 1 is 1.00 bits per heavy atom. The molecule has 136 valence electrons. The molecule has 0 aliphatic carbocycles. The van der Waals surface area contributed by atoms with Gasteiger partial charge in [0.1, 0.15) is 0 Å². The Hall–Kier alpha value is -1.75. The Labute approximate surface area is 164 Å². The molecule has 0 unspecified atom stereocenters. The van der Waals surface area contributed by atoms with Crippen LogP contribution < -0.4 is 0 Å². The molecule has 0 spiro atoms. The molecule has 2 aromatic carbocycles. The molecule has 2 aliphatic heterocycles. The van der Waals surface area contributed by atoms with Gasteiger partial charge < -0.3 is 5.11 Å². The van der Waals surface area contributed by atoms with Gasteiger partial charge in [0.25, 0.3) is 0 Å². The Bertz CT molecular complexity index is 790. The molecule has 1 fully saturated rings. The molecule has 1 saturated heterocycles. The van der Waals surface area contributed by atoms with Gasteiger partial charge in [-0.25, -0.2) is 0 Å². The maximum absolute atomic E-state index is 11.0. The molecule has 0 atom stereocenters. The lowest BCUT2D eigenvalue weighted by molar-refractivity contribution is -0.138. The van der Waals surface area contributed by atoms with E-state index in [9.17, 15) is 4.79 Å². The first-order valence-electron chi connectivity index (χ1n) is 8.69. The van der Waals surface area contributed by atoms with Gasteiger partial charge in [-0.05, 0) is 41.2 Å². The molecule has 0 radical (unpaired) electrons. The van der Waals surface area contributed by atoms with Crippen molar-refractivity contribution >= 4 is 35.7 Å². The third-order valence-corrected chi connectivity index (χ3v) is 6.12. The molecule has 5 heteroatoms. The fraction of sp³-hybridized carbons (Fsp3) is 0.286. The highest BCUT2D eigenvalue weighted by Gasteiger charge is 2.24. The zero-order valence-electron chi connectivity index (χ0n) is 14.5. The molecule has 0 aromatic heterocycles. The summed E-state index contributed by atoms with van der Waals surface area (Å²) in [4.78, 5) is 14.3. The number of likely N-dealkylation sites (tertiary alicyclic amines) is 1. The summed E-state index contributed by atoms with van der Waals surface area (Å²) >= 11 is 1.91. The van der Waals surface area contributed by atoms with Crippen LogP contribution in [0.1, 0.15) is 29.5 Å². The Morgan fingerprint density at radius 3 is 2.38 bits per heavy atom. The smallest absolute Gasteiger partial charge is 0.317 e. The largest absolute Gasteiger partial charge is 0.480 e. The number of benzene rings is 2. The zero-order chi connectivity index (χ0) is 17.2. The van der Waals surface area contributed by atoms with Gasteiger partial charge >= 0.3 is 5.97 Å². The number of carboxylic acids is 1. The molecule has 26 heavy (non-hydrogen) atoms. The van der Waals surface area contributed by atoms with Crippen LogP contribution in [0, 0.1) is 0 Å². The summed E-state index contributed by atoms with van der Waals surface area (Å²) in [6, 6.07) is 17.4. The molecule has 0 amide bonds. The van der Waals surface area contributed by atoms with Crippen molar-refractivity contribution in [3.8, 4) is 0 Å². The van der Waals surface area contributed by atoms with E-state index in [0.717, 1.165) is 31.7 Å². The second-order valence-electron chi connectivity index (χ2n) is 6.59. The normalized spacial score (nSPS) is 16.9. The van der Waals surface area contributed by atoms with Crippen molar-refractivity contribution in [2.75, 3.05) is 19.6 Å². The van der Waals surface area contributed by atoms with Gasteiger partial charge in [0.15, 0.2) is 0 Å². The van der Waals surface area contributed by atoms with E-state index in [-0.39, 0.29) is 19.0 Å². The first-order chi connectivity index (χ1) is 12.2. The SMILES string of the molecule is Cl.O=C(O)CN1CCC(=C2c3ccccc3CSc3ccccc32)CC1. The Kier molecular flexibility index (Phi) is 6.07. The third kappa shape index (κ3) is 3.83. The summed E-state index contributed by atoms with van der Waals surface area (Å²) in [5.41, 5.74) is 6.91. The highest BCUT2D eigenvalue weighted by Crippen LogP contribution is 2.43. The highest BCUT2D eigenvalue weighted by molar-refractivity contribution is 7.98. The van der Waals surface area contributed by atoms with Crippen molar-refractivity contribution in [2.45, 2.75) is 23.5 Å². The van der Waals surface area contributed by atoms with Crippen molar-refractivity contribution < 1.29 is 9.90 Å². The lowest BCUT2D eigenvalue weighted by atomic mass is 9.86. The topological polar surface area (TPSA) is 40.5 Å². The molecule has 3 nitrogen and oxygen atoms in total. The standard InChI is InChI=1S/C21H21NO2S.ClH/c23-20(24)13-22-11-9-15(10-12-22)21-17-6-2-1-5-16(17)14-25-19-8-4-3-7-18(19)21;/h1-8H,9-14H2,(H,23,24);1H. The first-order valence-corrected chi connectivity index (χ1v) is 9.67. The van der Waals surface area contributed by atoms with E-state index in [2.05, 4.69) is 48.5 Å². The fourth-order valence-corrected chi connectivity index (χ4v) is 4.86. The number of piperidine rings is 1. The van der Waals surface area contributed by atoms with Crippen molar-refractivity contribution in [1.82, 2.24) is 4.90 Å².